The van der Waals surface area contributed by atoms with E-state index >= 15 is 0 Å². The van der Waals surface area contributed by atoms with Crippen molar-refractivity contribution in [2.75, 3.05) is 39.3 Å². The average Bonchev–Trinajstić information content (AvgIpc) is 3.70. The zero-order chi connectivity index (χ0) is 34.5. The summed E-state index contributed by atoms with van der Waals surface area (Å²) in [5.41, 5.74) is 2.41. The molecule has 0 spiro atoms. The Balaban J connectivity index is 1.12. The molecule has 49 heavy (non-hydrogen) atoms. The maximum atomic E-state index is 13.5. The number of aromatic nitrogens is 2. The highest BCUT2D eigenvalue weighted by molar-refractivity contribution is 8.18. The standard InChI is InChI=1S/C35H31Cl4N5O4S/c36-25-5-1-23(2-6-25)17-32-34(46)44(35(47)49-32)19-30(24-3-7-26(37)8-4-24)42-13-15-43(16-14-42)33(45)21-48-31(20-41-12-11-40-22-41)28-10-9-27(38)18-29(28)39/h1-12,17-18,22,30-31H,13-16,19-21H2/b32-17-. The molecule has 0 aliphatic carbocycles. The number of halogens is 4. The first-order valence-corrected chi connectivity index (χ1v) is 17.8. The third-order valence-corrected chi connectivity index (χ3v) is 10.4. The van der Waals surface area contributed by atoms with E-state index in [0.29, 0.717) is 57.7 Å². The Labute approximate surface area is 308 Å². The van der Waals surface area contributed by atoms with Crippen molar-refractivity contribution in [3.05, 3.63) is 127 Å². The average molecular weight is 760 g/mol. The summed E-state index contributed by atoms with van der Waals surface area (Å²) in [5.74, 6) is -0.498. The fourth-order valence-electron chi connectivity index (χ4n) is 5.79. The van der Waals surface area contributed by atoms with Crippen molar-refractivity contribution in [2.24, 2.45) is 0 Å². The third-order valence-electron chi connectivity index (χ3n) is 8.41. The number of thioether (sulfide) groups is 1. The number of piperazine rings is 1. The van der Waals surface area contributed by atoms with Crippen LogP contribution in [0.3, 0.4) is 0 Å². The summed E-state index contributed by atoms with van der Waals surface area (Å²) in [7, 11) is 0. The van der Waals surface area contributed by atoms with Crippen LogP contribution in [-0.4, -0.2) is 80.6 Å². The number of benzene rings is 3. The van der Waals surface area contributed by atoms with E-state index in [1.165, 1.54) is 4.90 Å². The molecule has 0 radical (unpaired) electrons. The van der Waals surface area contributed by atoms with Crippen LogP contribution in [-0.2, 0) is 20.9 Å². The number of hydrogen-bond acceptors (Lipinski definition) is 7. The zero-order valence-corrected chi connectivity index (χ0v) is 29.9. The van der Waals surface area contributed by atoms with Gasteiger partial charge in [0, 0.05) is 70.8 Å². The Morgan fingerprint density at radius 2 is 1.55 bits per heavy atom. The molecule has 14 heteroatoms. The molecule has 2 atom stereocenters. The Hall–Kier alpha value is -3.35. The van der Waals surface area contributed by atoms with E-state index in [2.05, 4.69) is 9.88 Å². The van der Waals surface area contributed by atoms with E-state index in [9.17, 15) is 14.4 Å². The first kappa shape index (κ1) is 35.5. The molecule has 2 fully saturated rings. The summed E-state index contributed by atoms with van der Waals surface area (Å²) >= 11 is 25.8. The molecule has 0 saturated carbocycles. The number of rotatable bonds is 11. The third kappa shape index (κ3) is 8.88. The molecule has 2 aliphatic heterocycles. The highest BCUT2D eigenvalue weighted by Gasteiger charge is 2.39. The number of ether oxygens (including phenoxy) is 1. The second-order valence-electron chi connectivity index (χ2n) is 11.6. The lowest BCUT2D eigenvalue weighted by Gasteiger charge is -2.40. The Bertz CT molecular complexity index is 1830. The van der Waals surface area contributed by atoms with Crippen LogP contribution < -0.4 is 0 Å². The molecule has 2 aliphatic rings. The normalized spacial score (nSPS) is 17.6. The second kappa shape index (κ2) is 16.1. The van der Waals surface area contributed by atoms with Crippen molar-refractivity contribution >= 4 is 81.3 Å². The van der Waals surface area contributed by atoms with Gasteiger partial charge in [0.15, 0.2) is 0 Å². The van der Waals surface area contributed by atoms with Gasteiger partial charge < -0.3 is 14.2 Å². The van der Waals surface area contributed by atoms with Crippen LogP contribution in [0.4, 0.5) is 4.79 Å². The smallest absolute Gasteiger partial charge is 0.293 e. The molecular weight excluding hydrogens is 728 g/mol. The Morgan fingerprint density at radius 3 is 2.20 bits per heavy atom. The summed E-state index contributed by atoms with van der Waals surface area (Å²) in [6, 6.07) is 19.4. The van der Waals surface area contributed by atoms with Gasteiger partial charge in [-0.3, -0.25) is 24.2 Å². The fraction of sp³-hybridized carbons (Fsp3) is 0.257. The van der Waals surface area contributed by atoms with Gasteiger partial charge in [0.2, 0.25) is 5.91 Å². The van der Waals surface area contributed by atoms with Crippen LogP contribution in [0.5, 0.6) is 0 Å². The van der Waals surface area contributed by atoms with Crippen molar-refractivity contribution in [3.63, 3.8) is 0 Å². The number of hydrogen-bond donors (Lipinski definition) is 0. The SMILES string of the molecule is O=C(COC(Cn1ccnc1)c1ccc(Cl)cc1Cl)N1CCN(C(CN2C(=O)S/C(=C\c3ccc(Cl)cc3)C2=O)c2ccc(Cl)cc2)CC1. The monoisotopic (exact) mass is 757 g/mol. The van der Waals surface area contributed by atoms with Crippen LogP contribution in [0.1, 0.15) is 28.8 Å². The predicted octanol–water partition coefficient (Wildman–Crippen LogP) is 7.88. The van der Waals surface area contributed by atoms with E-state index in [0.717, 1.165) is 28.5 Å². The minimum atomic E-state index is -0.509. The van der Waals surface area contributed by atoms with Crippen LogP contribution >= 0.6 is 58.2 Å². The number of amides is 3. The van der Waals surface area contributed by atoms with Gasteiger partial charge in [-0.05, 0) is 65.4 Å². The number of imidazole rings is 1. The van der Waals surface area contributed by atoms with Crippen LogP contribution in [0, 0.1) is 0 Å². The van der Waals surface area contributed by atoms with Gasteiger partial charge in [0.1, 0.15) is 12.7 Å². The van der Waals surface area contributed by atoms with E-state index in [-0.39, 0.29) is 36.2 Å². The van der Waals surface area contributed by atoms with Crippen molar-refractivity contribution < 1.29 is 19.1 Å². The highest BCUT2D eigenvalue weighted by Crippen LogP contribution is 2.36. The number of imide groups is 1. The first-order valence-electron chi connectivity index (χ1n) is 15.4. The van der Waals surface area contributed by atoms with Gasteiger partial charge in [-0.25, -0.2) is 4.98 Å². The van der Waals surface area contributed by atoms with E-state index in [4.69, 9.17) is 51.1 Å². The summed E-state index contributed by atoms with van der Waals surface area (Å²) in [6.07, 6.45) is 6.36. The number of nitrogens with zero attached hydrogens (tertiary/aromatic N) is 5. The van der Waals surface area contributed by atoms with Crippen LogP contribution in [0.15, 0.2) is 90.4 Å². The lowest BCUT2D eigenvalue weighted by atomic mass is 10.0. The molecule has 1 aromatic heterocycles. The molecule has 3 amide bonds. The maximum absolute atomic E-state index is 13.5. The molecule has 4 aromatic rings. The lowest BCUT2D eigenvalue weighted by Crippen LogP contribution is -2.52. The Morgan fingerprint density at radius 1 is 0.878 bits per heavy atom. The quantitative estimate of drug-likeness (QED) is 0.144. The predicted molar refractivity (Wildman–Crippen MR) is 194 cm³/mol. The van der Waals surface area contributed by atoms with Crippen molar-refractivity contribution in [2.45, 2.75) is 18.7 Å². The largest absolute Gasteiger partial charge is 0.362 e. The topological polar surface area (TPSA) is 88.0 Å². The minimum absolute atomic E-state index is 0.143. The van der Waals surface area contributed by atoms with Crippen molar-refractivity contribution in [3.8, 4) is 0 Å². The second-order valence-corrected chi connectivity index (χ2v) is 14.3. The molecule has 6 rings (SSSR count). The molecule has 3 aromatic carbocycles. The van der Waals surface area contributed by atoms with Crippen molar-refractivity contribution in [1.29, 1.82) is 0 Å². The maximum Gasteiger partial charge on any atom is 0.293 e. The summed E-state index contributed by atoms with van der Waals surface area (Å²) in [4.78, 5) is 49.7. The molecule has 2 saturated heterocycles. The molecule has 2 unspecified atom stereocenters. The van der Waals surface area contributed by atoms with Gasteiger partial charge in [0.25, 0.3) is 11.1 Å². The summed E-state index contributed by atoms with van der Waals surface area (Å²) in [6.45, 7) is 2.36. The number of carbonyl (C=O) groups is 3. The molecule has 0 N–H and O–H groups in total. The van der Waals surface area contributed by atoms with Gasteiger partial charge in [-0.1, -0.05) is 76.7 Å². The van der Waals surface area contributed by atoms with Gasteiger partial charge in [-0.2, -0.15) is 0 Å². The summed E-state index contributed by atoms with van der Waals surface area (Å²) in [5, 5.41) is 1.80. The van der Waals surface area contributed by atoms with Crippen molar-refractivity contribution in [1.82, 2.24) is 24.3 Å². The van der Waals surface area contributed by atoms with Gasteiger partial charge in [0.05, 0.1) is 23.8 Å². The molecular formula is C35H31Cl4N5O4S. The molecule has 254 valence electrons. The van der Waals surface area contributed by atoms with E-state index in [1.807, 2.05) is 22.9 Å². The highest BCUT2D eigenvalue weighted by atomic mass is 35.5. The molecule has 3 heterocycles. The first-order chi connectivity index (χ1) is 23.6. The van der Waals surface area contributed by atoms with Crippen LogP contribution in [0.25, 0.3) is 6.08 Å². The van der Waals surface area contributed by atoms with E-state index in [1.54, 1.807) is 78.1 Å². The fourth-order valence-corrected chi connectivity index (χ4v) is 7.42. The van der Waals surface area contributed by atoms with E-state index < -0.39 is 6.10 Å². The van der Waals surface area contributed by atoms with Crippen LogP contribution in [0.2, 0.25) is 20.1 Å². The number of carbonyl (C=O) groups excluding carboxylic acids is 3. The van der Waals surface area contributed by atoms with Gasteiger partial charge >= 0.3 is 0 Å². The van der Waals surface area contributed by atoms with Gasteiger partial charge in [-0.15, -0.1) is 0 Å². The minimum Gasteiger partial charge on any atom is -0.362 e. The molecule has 0 bridgehead atoms. The summed E-state index contributed by atoms with van der Waals surface area (Å²) < 4.78 is 8.04. The zero-order valence-electron chi connectivity index (χ0n) is 26.1. The molecule has 9 nitrogen and oxygen atoms in total. The Kier molecular flexibility index (Phi) is 11.7. The lowest BCUT2D eigenvalue weighted by molar-refractivity contribution is -0.140.